The van der Waals surface area contributed by atoms with Gasteiger partial charge in [0.2, 0.25) is 0 Å². The van der Waals surface area contributed by atoms with Crippen LogP contribution in [-0.2, 0) is 0 Å². The monoisotopic (exact) mass is 343 g/mol. The number of thiophene rings is 1. The van der Waals surface area contributed by atoms with E-state index in [2.05, 4.69) is 0 Å². The van der Waals surface area contributed by atoms with E-state index in [0.29, 0.717) is 4.88 Å². The Labute approximate surface area is 144 Å². The Morgan fingerprint density at radius 2 is 1.96 bits per heavy atom. The number of para-hydroxylation sites is 1. The molecule has 24 heavy (non-hydrogen) atoms. The lowest BCUT2D eigenvalue weighted by Gasteiger charge is -2.26. The summed E-state index contributed by atoms with van der Waals surface area (Å²) in [7, 11) is 3.39. The average molecular weight is 343 g/mol. The van der Waals surface area contributed by atoms with E-state index in [4.69, 9.17) is 4.74 Å². The van der Waals surface area contributed by atoms with Gasteiger partial charge in [0.25, 0.3) is 5.91 Å². The molecule has 1 aromatic heterocycles. The maximum atomic E-state index is 13.3. The Morgan fingerprint density at radius 3 is 2.71 bits per heavy atom. The SMILES string of the molecule is COc1ccccc1C(C)N(C)C(=O)c1cc2cc(F)ccc2s1. The molecule has 3 rings (SSSR count). The lowest BCUT2D eigenvalue weighted by Crippen LogP contribution is -2.29. The number of carbonyl (C=O) groups excluding carboxylic acids is 1. The van der Waals surface area contributed by atoms with Crippen LogP contribution in [0.25, 0.3) is 10.1 Å². The number of nitrogens with zero attached hydrogens (tertiary/aromatic N) is 1. The minimum atomic E-state index is -0.296. The molecule has 0 radical (unpaired) electrons. The van der Waals surface area contributed by atoms with E-state index in [1.54, 1.807) is 31.2 Å². The quantitative estimate of drug-likeness (QED) is 0.675. The van der Waals surface area contributed by atoms with Crippen LogP contribution >= 0.6 is 11.3 Å². The number of hydrogen-bond acceptors (Lipinski definition) is 3. The minimum Gasteiger partial charge on any atom is -0.496 e. The summed E-state index contributed by atoms with van der Waals surface area (Å²) in [6.07, 6.45) is 0. The summed E-state index contributed by atoms with van der Waals surface area (Å²) < 4.78 is 19.6. The van der Waals surface area contributed by atoms with E-state index in [1.165, 1.54) is 23.5 Å². The first-order valence-corrected chi connectivity index (χ1v) is 8.42. The van der Waals surface area contributed by atoms with Crippen molar-refractivity contribution in [2.24, 2.45) is 0 Å². The normalized spacial score (nSPS) is 12.2. The fourth-order valence-electron chi connectivity index (χ4n) is 2.69. The topological polar surface area (TPSA) is 29.5 Å². The van der Waals surface area contributed by atoms with Crippen LogP contribution in [0, 0.1) is 5.82 Å². The van der Waals surface area contributed by atoms with Gasteiger partial charge in [0.15, 0.2) is 0 Å². The summed E-state index contributed by atoms with van der Waals surface area (Å²) in [5.41, 5.74) is 0.947. The van der Waals surface area contributed by atoms with Crippen molar-refractivity contribution in [1.29, 1.82) is 0 Å². The van der Waals surface area contributed by atoms with Gasteiger partial charge in [-0.15, -0.1) is 11.3 Å². The Kier molecular flexibility index (Phi) is 4.53. The molecule has 1 amide bonds. The van der Waals surface area contributed by atoms with Crippen molar-refractivity contribution in [2.75, 3.05) is 14.2 Å². The van der Waals surface area contributed by atoms with Gasteiger partial charge < -0.3 is 9.64 Å². The highest BCUT2D eigenvalue weighted by molar-refractivity contribution is 7.20. The predicted molar refractivity (Wildman–Crippen MR) is 95.3 cm³/mol. The van der Waals surface area contributed by atoms with Crippen LogP contribution in [0.2, 0.25) is 0 Å². The molecule has 3 nitrogen and oxygen atoms in total. The molecular weight excluding hydrogens is 325 g/mol. The van der Waals surface area contributed by atoms with Crippen LogP contribution in [0.5, 0.6) is 5.75 Å². The zero-order valence-corrected chi connectivity index (χ0v) is 14.6. The second-order valence-electron chi connectivity index (χ2n) is 5.63. The van der Waals surface area contributed by atoms with Crippen LogP contribution < -0.4 is 4.74 Å². The van der Waals surface area contributed by atoms with Gasteiger partial charge in [-0.1, -0.05) is 18.2 Å². The Bertz CT molecular complexity index is 890. The molecule has 0 aliphatic carbocycles. The Morgan fingerprint density at radius 1 is 1.21 bits per heavy atom. The van der Waals surface area contributed by atoms with Crippen LogP contribution in [-0.4, -0.2) is 25.0 Å². The number of halogens is 1. The molecule has 0 aliphatic rings. The molecule has 1 atom stereocenters. The van der Waals surface area contributed by atoms with E-state index in [-0.39, 0.29) is 17.8 Å². The standard InChI is InChI=1S/C19H18FNO2S/c1-12(15-6-4-5-7-16(15)23-3)21(2)19(22)18-11-13-10-14(20)8-9-17(13)24-18/h4-12H,1-3H3. The van der Waals surface area contributed by atoms with Crippen molar-refractivity contribution >= 4 is 27.3 Å². The van der Waals surface area contributed by atoms with E-state index < -0.39 is 0 Å². The molecule has 0 fully saturated rings. The highest BCUT2D eigenvalue weighted by atomic mass is 32.1. The van der Waals surface area contributed by atoms with Crippen molar-refractivity contribution in [3.8, 4) is 5.75 Å². The largest absolute Gasteiger partial charge is 0.496 e. The van der Waals surface area contributed by atoms with Crippen LogP contribution in [0.4, 0.5) is 4.39 Å². The third-order valence-corrected chi connectivity index (χ3v) is 5.28. The number of benzene rings is 2. The van der Waals surface area contributed by atoms with Gasteiger partial charge in [-0.3, -0.25) is 4.79 Å². The highest BCUT2D eigenvalue weighted by Crippen LogP contribution is 2.32. The van der Waals surface area contributed by atoms with E-state index in [9.17, 15) is 9.18 Å². The maximum absolute atomic E-state index is 13.3. The molecule has 5 heteroatoms. The van der Waals surface area contributed by atoms with Crippen LogP contribution in [0.3, 0.4) is 0 Å². The van der Waals surface area contributed by atoms with E-state index in [1.807, 2.05) is 31.2 Å². The summed E-state index contributed by atoms with van der Waals surface area (Å²) in [5.74, 6) is 0.369. The molecule has 0 saturated heterocycles. The highest BCUT2D eigenvalue weighted by Gasteiger charge is 2.22. The summed E-state index contributed by atoms with van der Waals surface area (Å²) >= 11 is 1.38. The molecule has 1 unspecified atom stereocenters. The molecule has 124 valence electrons. The molecule has 0 aliphatic heterocycles. The Balaban J connectivity index is 1.90. The smallest absolute Gasteiger partial charge is 0.264 e. The Hall–Kier alpha value is -2.40. The van der Waals surface area contributed by atoms with Crippen molar-refractivity contribution in [3.63, 3.8) is 0 Å². The average Bonchev–Trinajstić information content (AvgIpc) is 3.02. The first-order valence-electron chi connectivity index (χ1n) is 7.60. The molecule has 0 bridgehead atoms. The second-order valence-corrected chi connectivity index (χ2v) is 6.71. The molecule has 2 aromatic carbocycles. The molecule has 0 spiro atoms. The second kappa shape index (κ2) is 6.61. The number of methoxy groups -OCH3 is 1. The van der Waals surface area contributed by atoms with Crippen molar-refractivity contribution in [2.45, 2.75) is 13.0 Å². The van der Waals surface area contributed by atoms with E-state index in [0.717, 1.165) is 21.4 Å². The summed E-state index contributed by atoms with van der Waals surface area (Å²) in [5, 5.41) is 0.752. The molecule has 0 saturated carbocycles. The minimum absolute atomic E-state index is 0.0879. The molecule has 3 aromatic rings. The lowest BCUT2D eigenvalue weighted by atomic mass is 10.1. The predicted octanol–water partition coefficient (Wildman–Crippen LogP) is 4.88. The fourth-order valence-corrected chi connectivity index (χ4v) is 3.72. The number of rotatable bonds is 4. The van der Waals surface area contributed by atoms with Gasteiger partial charge in [0, 0.05) is 17.3 Å². The maximum Gasteiger partial charge on any atom is 0.264 e. The zero-order chi connectivity index (χ0) is 17.3. The van der Waals surface area contributed by atoms with Crippen molar-refractivity contribution in [1.82, 2.24) is 4.90 Å². The third-order valence-electron chi connectivity index (χ3n) is 4.18. The summed E-state index contributed by atoms with van der Waals surface area (Å²) in [6, 6.07) is 13.8. The lowest BCUT2D eigenvalue weighted by molar-refractivity contribution is 0.0746. The number of ether oxygens (including phenoxy) is 1. The third kappa shape index (κ3) is 2.99. The van der Waals surface area contributed by atoms with Crippen molar-refractivity contribution in [3.05, 3.63) is 64.8 Å². The number of fused-ring (bicyclic) bond motifs is 1. The van der Waals surface area contributed by atoms with Gasteiger partial charge in [-0.05, 0) is 42.6 Å². The zero-order valence-electron chi connectivity index (χ0n) is 13.7. The summed E-state index contributed by atoms with van der Waals surface area (Å²) in [4.78, 5) is 15.1. The number of hydrogen-bond donors (Lipinski definition) is 0. The van der Waals surface area contributed by atoms with Gasteiger partial charge in [-0.2, -0.15) is 0 Å². The molecular formula is C19H18FNO2S. The summed E-state index contributed by atoms with van der Waals surface area (Å²) in [6.45, 7) is 1.96. The molecule has 1 heterocycles. The van der Waals surface area contributed by atoms with Gasteiger partial charge >= 0.3 is 0 Å². The molecule has 0 N–H and O–H groups in total. The number of carbonyl (C=O) groups is 1. The van der Waals surface area contributed by atoms with Crippen LogP contribution in [0.15, 0.2) is 48.5 Å². The van der Waals surface area contributed by atoms with Crippen LogP contribution in [0.1, 0.15) is 28.2 Å². The van der Waals surface area contributed by atoms with Crippen molar-refractivity contribution < 1.29 is 13.9 Å². The van der Waals surface area contributed by atoms with E-state index >= 15 is 0 Å². The van der Waals surface area contributed by atoms with Gasteiger partial charge in [-0.25, -0.2) is 4.39 Å². The number of amides is 1. The van der Waals surface area contributed by atoms with Gasteiger partial charge in [0.1, 0.15) is 11.6 Å². The van der Waals surface area contributed by atoms with Gasteiger partial charge in [0.05, 0.1) is 18.0 Å². The first-order chi connectivity index (χ1) is 11.5. The first kappa shape index (κ1) is 16.5. The fraction of sp³-hybridized carbons (Fsp3) is 0.211.